The van der Waals surface area contributed by atoms with Crippen LogP contribution in [0.2, 0.25) is 0 Å². The van der Waals surface area contributed by atoms with E-state index in [2.05, 4.69) is 42.7 Å². The predicted molar refractivity (Wildman–Crippen MR) is 100 cm³/mol. The molecule has 2 saturated heterocycles. The van der Waals surface area contributed by atoms with E-state index < -0.39 is 0 Å². The molecule has 0 radical (unpaired) electrons. The van der Waals surface area contributed by atoms with Gasteiger partial charge < -0.3 is 9.64 Å². The van der Waals surface area contributed by atoms with Gasteiger partial charge in [-0.3, -0.25) is 9.69 Å². The molecule has 0 N–H and O–H groups in total. The first-order valence-electron chi connectivity index (χ1n) is 9.66. The third-order valence-corrected chi connectivity index (χ3v) is 5.80. The summed E-state index contributed by atoms with van der Waals surface area (Å²) in [5, 5.41) is 0. The maximum Gasteiger partial charge on any atom is 0.228 e. The minimum absolute atomic E-state index is 0.297. The van der Waals surface area contributed by atoms with Gasteiger partial charge in [0.15, 0.2) is 0 Å². The minimum Gasteiger partial charge on any atom is -0.379 e. The van der Waals surface area contributed by atoms with Crippen LogP contribution in [0.5, 0.6) is 0 Å². The number of carbonyl (C=O) groups excluding carboxylic acids is 1. The van der Waals surface area contributed by atoms with E-state index in [0.717, 1.165) is 52.2 Å². The third-order valence-electron chi connectivity index (χ3n) is 5.80. The number of likely N-dealkylation sites (tertiary alicyclic amines) is 1. The average Bonchev–Trinajstić information content (AvgIpc) is 3.06. The van der Waals surface area contributed by atoms with Crippen LogP contribution in [-0.4, -0.2) is 61.1 Å². The van der Waals surface area contributed by atoms with Crippen LogP contribution < -0.4 is 0 Å². The summed E-state index contributed by atoms with van der Waals surface area (Å²) in [6.07, 6.45) is 1.92. The number of hydrogen-bond donors (Lipinski definition) is 0. The number of amides is 1. The van der Waals surface area contributed by atoms with Gasteiger partial charge in [-0.2, -0.15) is 0 Å². The fraction of sp³-hybridized carbons (Fsp3) is 0.667. The maximum atomic E-state index is 13.2. The highest BCUT2D eigenvalue weighted by Crippen LogP contribution is 2.31. The van der Waals surface area contributed by atoms with Gasteiger partial charge in [0.2, 0.25) is 5.91 Å². The van der Waals surface area contributed by atoms with Gasteiger partial charge in [-0.15, -0.1) is 0 Å². The third kappa shape index (κ3) is 4.24. The molecule has 1 aromatic carbocycles. The summed E-state index contributed by atoms with van der Waals surface area (Å²) in [6, 6.07) is 10.8. The fourth-order valence-corrected chi connectivity index (χ4v) is 4.35. The molecular weight excluding hydrogens is 312 g/mol. The molecule has 3 rings (SSSR count). The minimum atomic E-state index is -0.362. The molecule has 2 aliphatic heterocycles. The summed E-state index contributed by atoms with van der Waals surface area (Å²) in [6.45, 7) is 11.8. The van der Waals surface area contributed by atoms with Gasteiger partial charge in [0.25, 0.3) is 0 Å². The van der Waals surface area contributed by atoms with Crippen molar-refractivity contribution < 1.29 is 9.53 Å². The summed E-state index contributed by atoms with van der Waals surface area (Å²) in [7, 11) is 0. The van der Waals surface area contributed by atoms with Gasteiger partial charge in [0.05, 0.1) is 13.2 Å². The van der Waals surface area contributed by atoms with Crippen molar-refractivity contribution in [3.8, 4) is 0 Å². The topological polar surface area (TPSA) is 32.8 Å². The molecule has 0 spiro atoms. The number of rotatable bonds is 5. The number of benzene rings is 1. The van der Waals surface area contributed by atoms with Crippen LogP contribution in [0.4, 0.5) is 0 Å². The largest absolute Gasteiger partial charge is 0.379 e. The highest BCUT2D eigenvalue weighted by Gasteiger charge is 2.42. The molecule has 0 saturated carbocycles. The highest BCUT2D eigenvalue weighted by molar-refractivity contribution is 5.82. The normalized spacial score (nSPS) is 25.3. The molecule has 2 heterocycles. The lowest BCUT2D eigenvalue weighted by molar-refractivity contribution is -0.139. The van der Waals surface area contributed by atoms with Crippen molar-refractivity contribution >= 4 is 5.91 Å². The average molecular weight is 344 g/mol. The van der Waals surface area contributed by atoms with E-state index in [9.17, 15) is 4.79 Å². The van der Waals surface area contributed by atoms with E-state index in [1.165, 1.54) is 5.56 Å². The second-order valence-corrected chi connectivity index (χ2v) is 8.14. The Morgan fingerprint density at radius 3 is 2.48 bits per heavy atom. The Morgan fingerprint density at radius 2 is 1.84 bits per heavy atom. The molecule has 0 aliphatic carbocycles. The highest BCUT2D eigenvalue weighted by atomic mass is 16.5. The molecule has 138 valence electrons. The number of carbonyl (C=O) groups is 1. The molecule has 0 aromatic heterocycles. The van der Waals surface area contributed by atoms with Crippen LogP contribution in [0.15, 0.2) is 30.3 Å². The van der Waals surface area contributed by atoms with E-state index >= 15 is 0 Å². The molecule has 2 fully saturated rings. The number of nitrogens with zero attached hydrogens (tertiary/aromatic N) is 2. The lowest BCUT2D eigenvalue weighted by atomic mass is 9.84. The van der Waals surface area contributed by atoms with Crippen LogP contribution in [0, 0.1) is 11.3 Å². The molecule has 2 aliphatic rings. The van der Waals surface area contributed by atoms with Crippen molar-refractivity contribution in [2.45, 2.75) is 39.7 Å². The van der Waals surface area contributed by atoms with Gasteiger partial charge >= 0.3 is 0 Å². The Hall–Kier alpha value is -1.39. The Bertz CT molecular complexity index is 567. The van der Waals surface area contributed by atoms with Crippen LogP contribution in [0.25, 0.3) is 0 Å². The second kappa shape index (κ2) is 7.88. The molecule has 4 nitrogen and oxygen atoms in total. The Labute approximate surface area is 152 Å². The summed E-state index contributed by atoms with van der Waals surface area (Å²) in [5.41, 5.74) is 0.872. The van der Waals surface area contributed by atoms with E-state index in [4.69, 9.17) is 4.74 Å². The number of ether oxygens (including phenoxy) is 1. The molecule has 2 atom stereocenters. The zero-order chi connectivity index (χ0) is 17.9. The summed E-state index contributed by atoms with van der Waals surface area (Å²) < 4.78 is 5.50. The van der Waals surface area contributed by atoms with Crippen LogP contribution >= 0.6 is 0 Å². The van der Waals surface area contributed by atoms with Crippen molar-refractivity contribution in [3.63, 3.8) is 0 Å². The first-order chi connectivity index (χ1) is 12.0. The molecule has 0 unspecified atom stereocenters. The maximum absolute atomic E-state index is 13.2. The van der Waals surface area contributed by atoms with Crippen molar-refractivity contribution in [1.82, 2.24) is 9.80 Å². The van der Waals surface area contributed by atoms with E-state index in [1.807, 2.05) is 18.2 Å². The zero-order valence-electron chi connectivity index (χ0n) is 15.9. The molecule has 4 heteroatoms. The second-order valence-electron chi connectivity index (χ2n) is 8.14. The van der Waals surface area contributed by atoms with Crippen LogP contribution in [0.3, 0.4) is 0 Å². The smallest absolute Gasteiger partial charge is 0.228 e. The Morgan fingerprint density at radius 1 is 1.16 bits per heavy atom. The number of morpholine rings is 1. The van der Waals surface area contributed by atoms with Crippen molar-refractivity contribution in [2.75, 3.05) is 39.4 Å². The first-order valence-corrected chi connectivity index (χ1v) is 9.66. The summed E-state index contributed by atoms with van der Waals surface area (Å²) in [5.74, 6) is 0.875. The summed E-state index contributed by atoms with van der Waals surface area (Å²) >= 11 is 0. The predicted octanol–water partition coefficient (Wildman–Crippen LogP) is 2.82. The Balaban J connectivity index is 1.67. The van der Waals surface area contributed by atoms with Gasteiger partial charge in [-0.1, -0.05) is 57.5 Å². The molecular formula is C21H32N2O2. The lowest BCUT2D eigenvalue weighted by Gasteiger charge is -2.35. The SMILES string of the molecule is CC[C@H]1CN(C(=O)C(C)(C)Cc2ccccc2)C[C@@H]1N1CCOCC1. The van der Waals surface area contributed by atoms with E-state index in [-0.39, 0.29) is 5.41 Å². The lowest BCUT2D eigenvalue weighted by Crippen LogP contribution is -2.48. The zero-order valence-corrected chi connectivity index (χ0v) is 15.9. The van der Waals surface area contributed by atoms with Gasteiger partial charge in [-0.05, 0) is 17.9 Å². The van der Waals surface area contributed by atoms with Gasteiger partial charge in [0.1, 0.15) is 0 Å². The fourth-order valence-electron chi connectivity index (χ4n) is 4.35. The van der Waals surface area contributed by atoms with Crippen LogP contribution in [0.1, 0.15) is 32.8 Å². The van der Waals surface area contributed by atoms with E-state index in [0.29, 0.717) is 17.9 Å². The van der Waals surface area contributed by atoms with Crippen molar-refractivity contribution in [2.24, 2.45) is 11.3 Å². The molecule has 1 aromatic rings. The first kappa shape index (κ1) is 18.4. The quantitative estimate of drug-likeness (QED) is 0.823. The molecule has 0 bridgehead atoms. The Kier molecular flexibility index (Phi) is 5.80. The molecule has 25 heavy (non-hydrogen) atoms. The van der Waals surface area contributed by atoms with Crippen molar-refractivity contribution in [3.05, 3.63) is 35.9 Å². The number of hydrogen-bond acceptors (Lipinski definition) is 3. The van der Waals surface area contributed by atoms with Gasteiger partial charge in [0, 0.05) is 37.6 Å². The molecule has 1 amide bonds. The van der Waals surface area contributed by atoms with E-state index in [1.54, 1.807) is 0 Å². The standard InChI is InChI=1S/C21H32N2O2/c1-4-18-15-23(16-19(18)22-10-12-25-13-11-22)20(24)21(2,3)14-17-8-6-5-7-9-17/h5-9,18-19H,4,10-16H2,1-3H3/t18-,19-/m0/s1. The van der Waals surface area contributed by atoms with Crippen molar-refractivity contribution in [1.29, 1.82) is 0 Å². The van der Waals surface area contributed by atoms with Gasteiger partial charge in [-0.25, -0.2) is 0 Å². The summed E-state index contributed by atoms with van der Waals surface area (Å²) in [4.78, 5) is 17.9. The monoisotopic (exact) mass is 344 g/mol. The van der Waals surface area contributed by atoms with Crippen LogP contribution in [-0.2, 0) is 16.0 Å².